The van der Waals surface area contributed by atoms with Crippen LogP contribution in [0.2, 0.25) is 5.02 Å². The van der Waals surface area contributed by atoms with Crippen LogP contribution in [0, 0.1) is 0 Å². The quantitative estimate of drug-likeness (QED) is 0.718. The van der Waals surface area contributed by atoms with Crippen LogP contribution in [-0.4, -0.2) is 24.5 Å². The lowest BCUT2D eigenvalue weighted by Gasteiger charge is -2.16. The van der Waals surface area contributed by atoms with Gasteiger partial charge in [0.1, 0.15) is 5.75 Å². The predicted molar refractivity (Wildman–Crippen MR) is 99.5 cm³/mol. The second-order valence-electron chi connectivity index (χ2n) is 6.56. The minimum Gasteiger partial charge on any atom is -0.497 e. The molecule has 128 valence electrons. The number of halogens is 1. The van der Waals surface area contributed by atoms with E-state index in [-0.39, 0.29) is 11.3 Å². The van der Waals surface area contributed by atoms with Gasteiger partial charge in [0, 0.05) is 29.1 Å². The summed E-state index contributed by atoms with van der Waals surface area (Å²) in [6.07, 6.45) is 4.17. The lowest BCUT2D eigenvalue weighted by Crippen LogP contribution is -2.32. The van der Waals surface area contributed by atoms with Gasteiger partial charge in [-0.2, -0.15) is 0 Å². The van der Waals surface area contributed by atoms with Gasteiger partial charge in [-0.15, -0.1) is 0 Å². The molecule has 0 spiro atoms. The van der Waals surface area contributed by atoms with Crippen molar-refractivity contribution >= 4 is 28.4 Å². The highest BCUT2D eigenvalue weighted by molar-refractivity contribution is 6.33. The number of nitrogens with one attached hydrogen (secondary N) is 2. The molecule has 1 heterocycles. The maximum atomic E-state index is 12.5. The SMILES string of the molecule is COc1ccc2[nH]cc(C3(CNC(=O)c4ccccc4Cl)CC3)c2c1. The van der Waals surface area contributed by atoms with Crippen molar-refractivity contribution in [2.24, 2.45) is 0 Å². The van der Waals surface area contributed by atoms with Gasteiger partial charge in [0.05, 0.1) is 17.7 Å². The standard InChI is InChI=1S/C20H19ClN2O2/c1-25-13-6-7-18-15(10-13)16(11-22-18)20(8-9-20)12-23-19(24)14-4-2-3-5-17(14)21/h2-7,10-11,22H,8-9,12H2,1H3,(H,23,24). The molecule has 0 aliphatic heterocycles. The van der Waals surface area contributed by atoms with E-state index in [1.807, 2.05) is 24.3 Å². The third-order valence-electron chi connectivity index (χ3n) is 5.02. The van der Waals surface area contributed by atoms with Crippen LogP contribution in [0.25, 0.3) is 10.9 Å². The average Bonchev–Trinajstić information content (AvgIpc) is 3.30. The highest BCUT2D eigenvalue weighted by Gasteiger charge is 2.46. The molecule has 1 amide bonds. The number of hydrogen-bond donors (Lipinski definition) is 2. The maximum absolute atomic E-state index is 12.5. The monoisotopic (exact) mass is 354 g/mol. The van der Waals surface area contributed by atoms with Gasteiger partial charge in [-0.25, -0.2) is 0 Å². The zero-order chi connectivity index (χ0) is 17.4. The maximum Gasteiger partial charge on any atom is 0.252 e. The number of fused-ring (bicyclic) bond motifs is 1. The molecule has 1 fully saturated rings. The molecular formula is C20H19ClN2O2. The van der Waals surface area contributed by atoms with Crippen LogP contribution < -0.4 is 10.1 Å². The van der Waals surface area contributed by atoms with Crippen LogP contribution in [0.5, 0.6) is 5.75 Å². The van der Waals surface area contributed by atoms with Gasteiger partial charge >= 0.3 is 0 Å². The minimum absolute atomic E-state index is 0.0124. The van der Waals surface area contributed by atoms with E-state index < -0.39 is 0 Å². The number of carbonyl (C=O) groups is 1. The lowest BCUT2D eigenvalue weighted by atomic mass is 9.95. The first kappa shape index (κ1) is 16.0. The fraction of sp³-hybridized carbons (Fsp3) is 0.250. The number of methoxy groups -OCH3 is 1. The normalized spacial score (nSPS) is 15.1. The van der Waals surface area contributed by atoms with E-state index in [4.69, 9.17) is 16.3 Å². The summed E-state index contributed by atoms with van der Waals surface area (Å²) in [4.78, 5) is 15.8. The molecule has 1 aliphatic carbocycles. The summed E-state index contributed by atoms with van der Waals surface area (Å²) in [7, 11) is 1.67. The summed E-state index contributed by atoms with van der Waals surface area (Å²) in [5.74, 6) is 0.707. The summed E-state index contributed by atoms with van der Waals surface area (Å²) in [5, 5.41) is 4.69. The number of aromatic nitrogens is 1. The summed E-state index contributed by atoms with van der Waals surface area (Å²) in [5.41, 5.74) is 2.82. The summed E-state index contributed by atoms with van der Waals surface area (Å²) in [6.45, 7) is 0.598. The second kappa shape index (κ2) is 6.12. The summed E-state index contributed by atoms with van der Waals surface area (Å²) in [6, 6.07) is 13.1. The molecule has 4 nitrogen and oxygen atoms in total. The van der Waals surface area contributed by atoms with Crippen LogP contribution in [0.4, 0.5) is 0 Å². The molecule has 1 aromatic heterocycles. The molecule has 2 N–H and O–H groups in total. The van der Waals surface area contributed by atoms with Crippen molar-refractivity contribution in [3.8, 4) is 5.75 Å². The van der Waals surface area contributed by atoms with Crippen LogP contribution in [0.15, 0.2) is 48.7 Å². The molecule has 0 bridgehead atoms. The first-order valence-electron chi connectivity index (χ1n) is 8.31. The van der Waals surface area contributed by atoms with Crippen molar-refractivity contribution in [2.45, 2.75) is 18.3 Å². The summed E-state index contributed by atoms with van der Waals surface area (Å²) >= 11 is 6.12. The van der Waals surface area contributed by atoms with Crippen molar-refractivity contribution in [1.82, 2.24) is 10.3 Å². The van der Waals surface area contributed by atoms with Crippen LogP contribution >= 0.6 is 11.6 Å². The topological polar surface area (TPSA) is 54.1 Å². The smallest absolute Gasteiger partial charge is 0.252 e. The van der Waals surface area contributed by atoms with Gasteiger partial charge in [0.15, 0.2) is 0 Å². The Balaban J connectivity index is 1.57. The van der Waals surface area contributed by atoms with E-state index in [0.29, 0.717) is 17.1 Å². The first-order chi connectivity index (χ1) is 12.1. The van der Waals surface area contributed by atoms with Crippen molar-refractivity contribution in [3.05, 3.63) is 64.8 Å². The van der Waals surface area contributed by atoms with Crippen molar-refractivity contribution in [3.63, 3.8) is 0 Å². The number of hydrogen-bond acceptors (Lipinski definition) is 2. The Hall–Kier alpha value is -2.46. The predicted octanol–water partition coefficient (Wildman–Crippen LogP) is 4.29. The van der Waals surface area contributed by atoms with Gasteiger partial charge in [-0.05, 0) is 48.7 Å². The Kier molecular flexibility index (Phi) is 3.92. The Morgan fingerprint density at radius 2 is 2.08 bits per heavy atom. The van der Waals surface area contributed by atoms with Crippen LogP contribution in [0.1, 0.15) is 28.8 Å². The lowest BCUT2D eigenvalue weighted by molar-refractivity contribution is 0.0950. The number of carbonyl (C=O) groups excluding carboxylic acids is 1. The third kappa shape index (κ3) is 2.87. The molecule has 1 aliphatic rings. The number of ether oxygens (including phenoxy) is 1. The average molecular weight is 355 g/mol. The van der Waals surface area contributed by atoms with E-state index in [9.17, 15) is 4.79 Å². The zero-order valence-electron chi connectivity index (χ0n) is 13.9. The zero-order valence-corrected chi connectivity index (χ0v) is 14.7. The molecule has 3 aromatic rings. The van der Waals surface area contributed by atoms with E-state index in [1.165, 1.54) is 5.56 Å². The molecule has 0 saturated heterocycles. The fourth-order valence-electron chi connectivity index (χ4n) is 3.35. The third-order valence-corrected chi connectivity index (χ3v) is 5.35. The number of benzene rings is 2. The molecule has 5 heteroatoms. The number of H-pyrrole nitrogens is 1. The Bertz CT molecular complexity index is 944. The van der Waals surface area contributed by atoms with Crippen molar-refractivity contribution in [1.29, 1.82) is 0 Å². The summed E-state index contributed by atoms with van der Waals surface area (Å²) < 4.78 is 5.35. The number of rotatable bonds is 5. The molecule has 25 heavy (non-hydrogen) atoms. The van der Waals surface area contributed by atoms with Crippen LogP contribution in [-0.2, 0) is 5.41 Å². The van der Waals surface area contributed by atoms with Crippen molar-refractivity contribution in [2.75, 3.05) is 13.7 Å². The molecule has 0 radical (unpaired) electrons. The number of amides is 1. The second-order valence-corrected chi connectivity index (χ2v) is 6.96. The minimum atomic E-state index is -0.130. The molecule has 4 rings (SSSR count). The Labute approximate surface area is 151 Å². The van der Waals surface area contributed by atoms with Crippen LogP contribution in [0.3, 0.4) is 0 Å². The Morgan fingerprint density at radius 1 is 1.28 bits per heavy atom. The van der Waals surface area contributed by atoms with E-state index in [1.54, 1.807) is 19.2 Å². The van der Waals surface area contributed by atoms with Gasteiger partial charge in [-0.3, -0.25) is 4.79 Å². The van der Waals surface area contributed by atoms with Gasteiger partial charge in [-0.1, -0.05) is 23.7 Å². The van der Waals surface area contributed by atoms with Gasteiger partial charge in [0.25, 0.3) is 5.91 Å². The molecular weight excluding hydrogens is 336 g/mol. The molecule has 1 saturated carbocycles. The fourth-order valence-corrected chi connectivity index (χ4v) is 3.57. The van der Waals surface area contributed by atoms with Crippen molar-refractivity contribution < 1.29 is 9.53 Å². The van der Waals surface area contributed by atoms with E-state index in [0.717, 1.165) is 29.5 Å². The first-order valence-corrected chi connectivity index (χ1v) is 8.69. The van der Waals surface area contributed by atoms with E-state index >= 15 is 0 Å². The van der Waals surface area contributed by atoms with Gasteiger partial charge in [0.2, 0.25) is 0 Å². The molecule has 0 unspecified atom stereocenters. The number of aromatic amines is 1. The Morgan fingerprint density at radius 3 is 2.80 bits per heavy atom. The van der Waals surface area contributed by atoms with Gasteiger partial charge < -0.3 is 15.0 Å². The molecule has 2 aromatic carbocycles. The highest BCUT2D eigenvalue weighted by Crippen LogP contribution is 2.50. The van der Waals surface area contributed by atoms with E-state index in [2.05, 4.69) is 22.6 Å². The largest absolute Gasteiger partial charge is 0.497 e. The molecule has 0 atom stereocenters. The highest BCUT2D eigenvalue weighted by atomic mass is 35.5.